The molecule has 0 spiro atoms. The van der Waals surface area contributed by atoms with Crippen LogP contribution in [-0.2, 0) is 0 Å². The van der Waals surface area contributed by atoms with Gasteiger partial charge in [0.25, 0.3) is 0 Å². The average molecular weight is 254 g/mol. The van der Waals surface area contributed by atoms with Crippen molar-refractivity contribution in [1.29, 1.82) is 0 Å². The first-order valence-electron chi connectivity index (χ1n) is 8.16. The van der Waals surface area contributed by atoms with Gasteiger partial charge in [-0.3, -0.25) is 4.90 Å². The topological polar surface area (TPSA) is 15.3 Å². The molecular formula is C16H34N2. The van der Waals surface area contributed by atoms with Gasteiger partial charge < -0.3 is 5.32 Å². The van der Waals surface area contributed by atoms with Gasteiger partial charge in [-0.2, -0.15) is 0 Å². The summed E-state index contributed by atoms with van der Waals surface area (Å²) in [5.74, 6) is 0. The number of nitrogens with one attached hydrogen (secondary N) is 1. The second-order valence-electron chi connectivity index (χ2n) is 6.06. The van der Waals surface area contributed by atoms with Gasteiger partial charge in [0.05, 0.1) is 0 Å². The second-order valence-corrected chi connectivity index (χ2v) is 6.06. The van der Waals surface area contributed by atoms with E-state index in [1.807, 2.05) is 0 Å². The van der Waals surface area contributed by atoms with Gasteiger partial charge >= 0.3 is 0 Å². The maximum atomic E-state index is 3.66. The number of likely N-dealkylation sites (tertiary alicyclic amines) is 1. The Morgan fingerprint density at radius 1 is 1.17 bits per heavy atom. The molecule has 1 aliphatic heterocycles. The van der Waals surface area contributed by atoms with Crippen LogP contribution in [0.3, 0.4) is 0 Å². The zero-order valence-electron chi connectivity index (χ0n) is 13.1. The molecule has 108 valence electrons. The van der Waals surface area contributed by atoms with E-state index in [-0.39, 0.29) is 0 Å². The van der Waals surface area contributed by atoms with Crippen LogP contribution in [0.1, 0.15) is 66.2 Å². The Hall–Kier alpha value is -0.0800. The molecular weight excluding hydrogens is 220 g/mol. The van der Waals surface area contributed by atoms with Crippen molar-refractivity contribution in [1.82, 2.24) is 10.2 Å². The minimum Gasteiger partial charge on any atom is -0.316 e. The molecule has 1 rings (SSSR count). The van der Waals surface area contributed by atoms with E-state index in [9.17, 15) is 0 Å². The number of rotatable bonds is 9. The summed E-state index contributed by atoms with van der Waals surface area (Å²) in [6.07, 6.45) is 7.99. The molecule has 0 bridgehead atoms. The van der Waals surface area contributed by atoms with Crippen molar-refractivity contribution in [3.8, 4) is 0 Å². The van der Waals surface area contributed by atoms with Crippen molar-refractivity contribution in [2.45, 2.75) is 72.3 Å². The van der Waals surface area contributed by atoms with Crippen molar-refractivity contribution >= 4 is 0 Å². The molecule has 1 fully saturated rings. The number of hydrogen-bond acceptors (Lipinski definition) is 2. The Labute approximate surface area is 115 Å². The van der Waals surface area contributed by atoms with Crippen LogP contribution in [-0.4, -0.2) is 37.1 Å². The van der Waals surface area contributed by atoms with Gasteiger partial charge in [0, 0.05) is 19.1 Å². The summed E-state index contributed by atoms with van der Waals surface area (Å²) in [4.78, 5) is 2.76. The van der Waals surface area contributed by atoms with Crippen molar-refractivity contribution in [2.75, 3.05) is 26.2 Å². The van der Waals surface area contributed by atoms with Gasteiger partial charge in [-0.05, 0) is 57.0 Å². The van der Waals surface area contributed by atoms with Crippen molar-refractivity contribution in [3.05, 3.63) is 0 Å². The fourth-order valence-electron chi connectivity index (χ4n) is 3.31. The van der Waals surface area contributed by atoms with Crippen LogP contribution in [0.5, 0.6) is 0 Å². The summed E-state index contributed by atoms with van der Waals surface area (Å²) in [5.41, 5.74) is 0.493. The summed E-state index contributed by atoms with van der Waals surface area (Å²) in [6.45, 7) is 14.3. The first kappa shape index (κ1) is 16.0. The largest absolute Gasteiger partial charge is 0.316 e. The highest BCUT2D eigenvalue weighted by Gasteiger charge is 2.32. The molecule has 1 heterocycles. The Morgan fingerprint density at radius 2 is 1.89 bits per heavy atom. The van der Waals surface area contributed by atoms with E-state index in [0.717, 1.165) is 6.04 Å². The molecule has 1 saturated heterocycles. The average Bonchev–Trinajstić information content (AvgIpc) is 2.84. The van der Waals surface area contributed by atoms with Crippen LogP contribution < -0.4 is 5.32 Å². The van der Waals surface area contributed by atoms with Crippen molar-refractivity contribution in [3.63, 3.8) is 0 Å². The summed E-state index contributed by atoms with van der Waals surface area (Å²) < 4.78 is 0. The molecule has 0 aliphatic carbocycles. The molecule has 2 nitrogen and oxygen atoms in total. The minimum atomic E-state index is 0.493. The minimum absolute atomic E-state index is 0.493. The number of nitrogens with zero attached hydrogens (tertiary/aromatic N) is 1. The van der Waals surface area contributed by atoms with Gasteiger partial charge in [-0.1, -0.05) is 27.7 Å². The quantitative estimate of drug-likeness (QED) is 0.632. The van der Waals surface area contributed by atoms with Gasteiger partial charge in [-0.25, -0.2) is 0 Å². The lowest BCUT2D eigenvalue weighted by molar-refractivity contribution is 0.123. The molecule has 2 heteroatoms. The predicted octanol–water partition coefficient (Wildman–Crippen LogP) is 3.67. The maximum absolute atomic E-state index is 3.66. The molecule has 1 unspecified atom stereocenters. The summed E-state index contributed by atoms with van der Waals surface area (Å²) >= 11 is 0. The SMILES string of the molecule is CCCNCC(CC)(CC)CN1CCCC1CC. The normalized spacial score (nSPS) is 21.7. The third-order valence-corrected chi connectivity index (χ3v) is 4.94. The fraction of sp³-hybridized carbons (Fsp3) is 1.00. The highest BCUT2D eigenvalue weighted by atomic mass is 15.2. The van der Waals surface area contributed by atoms with Crippen molar-refractivity contribution < 1.29 is 0 Å². The number of hydrogen-bond donors (Lipinski definition) is 1. The summed E-state index contributed by atoms with van der Waals surface area (Å²) in [7, 11) is 0. The Bertz CT molecular complexity index is 211. The molecule has 0 aromatic rings. The summed E-state index contributed by atoms with van der Waals surface area (Å²) in [6, 6.07) is 0.855. The molecule has 0 aromatic heterocycles. The third kappa shape index (κ3) is 4.24. The first-order chi connectivity index (χ1) is 8.71. The molecule has 1 N–H and O–H groups in total. The Morgan fingerprint density at radius 3 is 2.44 bits per heavy atom. The van der Waals surface area contributed by atoms with Crippen LogP contribution in [0.25, 0.3) is 0 Å². The molecule has 1 aliphatic rings. The van der Waals surface area contributed by atoms with Gasteiger partial charge in [0.15, 0.2) is 0 Å². The molecule has 1 atom stereocenters. The first-order valence-corrected chi connectivity index (χ1v) is 8.16. The highest BCUT2D eigenvalue weighted by Crippen LogP contribution is 2.31. The smallest absolute Gasteiger partial charge is 0.00933 e. The molecule has 0 saturated carbocycles. The van der Waals surface area contributed by atoms with E-state index in [1.54, 1.807) is 0 Å². The Kier molecular flexibility index (Phi) is 7.25. The van der Waals surface area contributed by atoms with Gasteiger partial charge in [0.1, 0.15) is 0 Å². The zero-order chi connectivity index (χ0) is 13.4. The van der Waals surface area contributed by atoms with Crippen molar-refractivity contribution in [2.24, 2.45) is 5.41 Å². The lowest BCUT2D eigenvalue weighted by Gasteiger charge is -2.38. The monoisotopic (exact) mass is 254 g/mol. The third-order valence-electron chi connectivity index (χ3n) is 4.94. The lowest BCUT2D eigenvalue weighted by Crippen LogP contribution is -2.45. The van der Waals surface area contributed by atoms with E-state index in [2.05, 4.69) is 37.9 Å². The summed E-state index contributed by atoms with van der Waals surface area (Å²) in [5, 5.41) is 3.66. The molecule has 0 aromatic carbocycles. The van der Waals surface area contributed by atoms with E-state index < -0.39 is 0 Å². The second kappa shape index (κ2) is 8.16. The van der Waals surface area contributed by atoms with E-state index >= 15 is 0 Å². The molecule has 0 radical (unpaired) electrons. The van der Waals surface area contributed by atoms with Crippen LogP contribution in [0.4, 0.5) is 0 Å². The standard InChI is InChI=1S/C16H34N2/c1-5-11-17-13-16(7-3,8-4)14-18-12-9-10-15(18)6-2/h15,17H,5-14H2,1-4H3. The van der Waals surface area contributed by atoms with Crippen LogP contribution in [0.2, 0.25) is 0 Å². The fourth-order valence-corrected chi connectivity index (χ4v) is 3.31. The van der Waals surface area contributed by atoms with E-state index in [0.29, 0.717) is 5.41 Å². The molecule has 18 heavy (non-hydrogen) atoms. The Balaban J connectivity index is 2.54. The van der Waals surface area contributed by atoms with Crippen LogP contribution in [0, 0.1) is 5.41 Å². The van der Waals surface area contributed by atoms with Gasteiger partial charge in [0.2, 0.25) is 0 Å². The van der Waals surface area contributed by atoms with E-state index in [4.69, 9.17) is 0 Å². The van der Waals surface area contributed by atoms with E-state index in [1.165, 1.54) is 64.7 Å². The zero-order valence-corrected chi connectivity index (χ0v) is 13.1. The highest BCUT2D eigenvalue weighted by molar-refractivity contribution is 4.87. The maximum Gasteiger partial charge on any atom is 0.00933 e. The van der Waals surface area contributed by atoms with Crippen LogP contribution >= 0.6 is 0 Å². The lowest BCUT2D eigenvalue weighted by atomic mass is 9.81. The predicted molar refractivity (Wildman–Crippen MR) is 81.1 cm³/mol. The molecule has 0 amide bonds. The van der Waals surface area contributed by atoms with Crippen LogP contribution in [0.15, 0.2) is 0 Å². The van der Waals surface area contributed by atoms with Gasteiger partial charge in [-0.15, -0.1) is 0 Å².